The number of ketones is 1. The normalized spacial score (nSPS) is 11.3. The summed E-state index contributed by atoms with van der Waals surface area (Å²) in [5.41, 5.74) is 1.59. The van der Waals surface area contributed by atoms with Crippen LogP contribution < -0.4 is 0 Å². The van der Waals surface area contributed by atoms with Crippen LogP contribution in [-0.4, -0.2) is 5.78 Å². The van der Waals surface area contributed by atoms with Gasteiger partial charge in [-0.05, 0) is 13.0 Å². The molecule has 2 nitrogen and oxygen atoms in total. The molecule has 0 aliphatic rings. The van der Waals surface area contributed by atoms with Crippen LogP contribution in [-0.2, 0) is 0 Å². The number of aryl methyl sites for hydroxylation is 1. The van der Waals surface area contributed by atoms with E-state index >= 15 is 0 Å². The summed E-state index contributed by atoms with van der Waals surface area (Å²) in [6.07, 6.45) is 0. The fourth-order valence-electron chi connectivity index (χ4n) is 2.33. The van der Waals surface area contributed by atoms with Gasteiger partial charge in [-0.3, -0.25) is 4.79 Å². The van der Waals surface area contributed by atoms with E-state index in [0.29, 0.717) is 10.8 Å². The van der Waals surface area contributed by atoms with E-state index in [2.05, 4.69) is 0 Å². The van der Waals surface area contributed by atoms with Crippen LogP contribution >= 0.6 is 11.6 Å². The maximum absolute atomic E-state index is 11.5. The monoisotopic (exact) mass is 258 g/mol. The zero-order chi connectivity index (χ0) is 12.9. The summed E-state index contributed by atoms with van der Waals surface area (Å²) in [6, 6.07) is 9.63. The van der Waals surface area contributed by atoms with Crippen molar-refractivity contribution in [2.75, 3.05) is 0 Å². The zero-order valence-electron chi connectivity index (χ0n) is 10.1. The largest absolute Gasteiger partial charge is 0.452 e. The summed E-state index contributed by atoms with van der Waals surface area (Å²) in [5, 5.41) is 3.46. The van der Waals surface area contributed by atoms with E-state index in [1.165, 1.54) is 6.92 Å². The van der Waals surface area contributed by atoms with Crippen LogP contribution in [0, 0.1) is 6.92 Å². The molecule has 0 unspecified atom stereocenters. The molecule has 3 aromatic rings. The number of carbonyl (C=O) groups excluding carboxylic acids is 1. The van der Waals surface area contributed by atoms with Crippen LogP contribution in [0.25, 0.3) is 21.7 Å². The molecule has 0 bridgehead atoms. The first-order chi connectivity index (χ1) is 8.59. The second-order valence-electron chi connectivity index (χ2n) is 4.39. The van der Waals surface area contributed by atoms with Gasteiger partial charge in [-0.25, -0.2) is 0 Å². The zero-order valence-corrected chi connectivity index (χ0v) is 10.8. The van der Waals surface area contributed by atoms with E-state index in [0.717, 1.165) is 27.3 Å². The molecule has 0 saturated heterocycles. The standard InChI is InChI=1S/C15H11ClO2/c1-8-12-7-13(16)10-5-3-4-6-11(10)15(12)18-14(8)9(2)17/h3-7H,1-2H3. The fourth-order valence-corrected chi connectivity index (χ4v) is 2.60. The van der Waals surface area contributed by atoms with Gasteiger partial charge in [0.25, 0.3) is 0 Å². The summed E-state index contributed by atoms with van der Waals surface area (Å²) >= 11 is 6.27. The lowest BCUT2D eigenvalue weighted by Gasteiger charge is -2.01. The van der Waals surface area contributed by atoms with Gasteiger partial charge in [0.15, 0.2) is 11.5 Å². The molecule has 0 fully saturated rings. The molecular formula is C15H11ClO2. The summed E-state index contributed by atoms with van der Waals surface area (Å²) in [5.74, 6) is 0.348. The van der Waals surface area contributed by atoms with Gasteiger partial charge < -0.3 is 4.42 Å². The first-order valence-electron chi connectivity index (χ1n) is 5.71. The number of hydrogen-bond donors (Lipinski definition) is 0. The van der Waals surface area contributed by atoms with Gasteiger partial charge in [-0.1, -0.05) is 35.9 Å². The van der Waals surface area contributed by atoms with Crippen molar-refractivity contribution in [3.63, 3.8) is 0 Å². The number of hydrogen-bond acceptors (Lipinski definition) is 2. The minimum Gasteiger partial charge on any atom is -0.452 e. The SMILES string of the molecule is CC(=O)c1oc2c(cc(Cl)c3ccccc32)c1C. The number of halogens is 1. The molecular weight excluding hydrogens is 248 g/mol. The predicted octanol–water partition coefficient (Wildman–Crippen LogP) is 4.75. The van der Waals surface area contributed by atoms with E-state index in [4.69, 9.17) is 16.0 Å². The molecule has 0 aliphatic heterocycles. The Balaban J connectivity index is 2.56. The van der Waals surface area contributed by atoms with Crippen molar-refractivity contribution in [1.82, 2.24) is 0 Å². The first-order valence-corrected chi connectivity index (χ1v) is 6.08. The second kappa shape index (κ2) is 3.85. The van der Waals surface area contributed by atoms with Crippen molar-refractivity contribution >= 4 is 39.1 Å². The van der Waals surface area contributed by atoms with Crippen molar-refractivity contribution in [2.45, 2.75) is 13.8 Å². The average Bonchev–Trinajstić information content (AvgIpc) is 2.68. The Morgan fingerprint density at radius 3 is 2.50 bits per heavy atom. The van der Waals surface area contributed by atoms with Crippen LogP contribution in [0.15, 0.2) is 34.7 Å². The lowest BCUT2D eigenvalue weighted by atomic mass is 10.1. The molecule has 18 heavy (non-hydrogen) atoms. The Morgan fingerprint density at radius 2 is 1.83 bits per heavy atom. The molecule has 0 amide bonds. The smallest absolute Gasteiger partial charge is 0.195 e. The number of carbonyl (C=O) groups is 1. The first kappa shape index (κ1) is 11.3. The number of Topliss-reactive ketones (excluding diaryl/α,β-unsaturated/α-hetero) is 1. The molecule has 0 N–H and O–H groups in total. The summed E-state index contributed by atoms with van der Waals surface area (Å²) in [7, 11) is 0. The third kappa shape index (κ3) is 1.46. The molecule has 1 heterocycles. The van der Waals surface area contributed by atoms with Crippen molar-refractivity contribution in [3.8, 4) is 0 Å². The van der Waals surface area contributed by atoms with E-state index in [1.807, 2.05) is 37.3 Å². The van der Waals surface area contributed by atoms with Gasteiger partial charge in [-0.15, -0.1) is 0 Å². The van der Waals surface area contributed by atoms with Gasteiger partial charge >= 0.3 is 0 Å². The molecule has 0 radical (unpaired) electrons. The molecule has 3 rings (SSSR count). The van der Waals surface area contributed by atoms with Crippen LogP contribution in [0.3, 0.4) is 0 Å². The number of fused-ring (bicyclic) bond motifs is 3. The Morgan fingerprint density at radius 1 is 1.17 bits per heavy atom. The summed E-state index contributed by atoms with van der Waals surface area (Å²) in [4.78, 5) is 11.5. The van der Waals surface area contributed by atoms with Gasteiger partial charge in [0.2, 0.25) is 0 Å². The number of benzene rings is 2. The second-order valence-corrected chi connectivity index (χ2v) is 4.80. The van der Waals surface area contributed by atoms with Crippen LogP contribution in [0.2, 0.25) is 5.02 Å². The Kier molecular flexibility index (Phi) is 2.42. The minimum absolute atomic E-state index is 0.0658. The molecule has 0 saturated carbocycles. The molecule has 0 atom stereocenters. The molecule has 90 valence electrons. The summed E-state index contributed by atoms with van der Waals surface area (Å²) < 4.78 is 5.72. The fraction of sp³-hybridized carbons (Fsp3) is 0.133. The van der Waals surface area contributed by atoms with Crippen molar-refractivity contribution in [1.29, 1.82) is 0 Å². The Labute approximate surface area is 109 Å². The van der Waals surface area contributed by atoms with Crippen molar-refractivity contribution < 1.29 is 9.21 Å². The van der Waals surface area contributed by atoms with E-state index in [-0.39, 0.29) is 5.78 Å². The molecule has 1 aromatic heterocycles. The highest BCUT2D eigenvalue weighted by atomic mass is 35.5. The molecule has 3 heteroatoms. The summed E-state index contributed by atoms with van der Waals surface area (Å²) in [6.45, 7) is 3.39. The van der Waals surface area contributed by atoms with E-state index in [9.17, 15) is 4.79 Å². The van der Waals surface area contributed by atoms with Crippen LogP contribution in [0.4, 0.5) is 0 Å². The lowest BCUT2D eigenvalue weighted by Crippen LogP contribution is -1.90. The average molecular weight is 259 g/mol. The molecule has 0 spiro atoms. The van der Waals surface area contributed by atoms with Gasteiger partial charge in [-0.2, -0.15) is 0 Å². The molecule has 2 aromatic carbocycles. The lowest BCUT2D eigenvalue weighted by molar-refractivity contribution is 0.0988. The Bertz CT molecular complexity index is 784. The highest BCUT2D eigenvalue weighted by molar-refractivity contribution is 6.37. The van der Waals surface area contributed by atoms with Gasteiger partial charge in [0.1, 0.15) is 5.58 Å². The van der Waals surface area contributed by atoms with Crippen molar-refractivity contribution in [2.24, 2.45) is 0 Å². The van der Waals surface area contributed by atoms with Crippen LogP contribution in [0.1, 0.15) is 23.0 Å². The number of rotatable bonds is 1. The predicted molar refractivity (Wildman–Crippen MR) is 73.5 cm³/mol. The van der Waals surface area contributed by atoms with Crippen LogP contribution in [0.5, 0.6) is 0 Å². The number of furan rings is 1. The van der Waals surface area contributed by atoms with Gasteiger partial charge in [0.05, 0.1) is 0 Å². The maximum atomic E-state index is 11.5. The molecule has 0 aliphatic carbocycles. The highest BCUT2D eigenvalue weighted by Crippen LogP contribution is 2.36. The van der Waals surface area contributed by atoms with Crippen molar-refractivity contribution in [3.05, 3.63) is 46.7 Å². The third-order valence-corrected chi connectivity index (χ3v) is 3.53. The maximum Gasteiger partial charge on any atom is 0.195 e. The quantitative estimate of drug-likeness (QED) is 0.590. The topological polar surface area (TPSA) is 30.2 Å². The Hall–Kier alpha value is -1.80. The highest BCUT2D eigenvalue weighted by Gasteiger charge is 2.17. The minimum atomic E-state index is -0.0658. The van der Waals surface area contributed by atoms with Gasteiger partial charge in [0, 0.05) is 33.7 Å². The van der Waals surface area contributed by atoms with E-state index in [1.54, 1.807) is 0 Å². The van der Waals surface area contributed by atoms with E-state index < -0.39 is 0 Å². The third-order valence-electron chi connectivity index (χ3n) is 3.21.